The summed E-state index contributed by atoms with van der Waals surface area (Å²) in [5.41, 5.74) is 6.53. The van der Waals surface area contributed by atoms with Crippen LogP contribution < -0.4 is 16.1 Å². The molecule has 0 unspecified atom stereocenters. The highest BCUT2D eigenvalue weighted by molar-refractivity contribution is 6.36. The second-order valence-electron chi connectivity index (χ2n) is 8.85. The fourth-order valence-electron chi connectivity index (χ4n) is 4.35. The standard InChI is InChI=1S/C28H22BClN6O/c29-21-16-32-36-26(14-24(35-27(21)36)20-9-2-3-10-22(20)30)31-15-17-6-5-8-19(12-17)33-28(37)25-13-18-7-1-4-11-23(18)34-25/h1-14,16,31,34H,15,29H2,(H,33,37). The summed E-state index contributed by atoms with van der Waals surface area (Å²) in [6, 6.07) is 27.0. The largest absolute Gasteiger partial charge is 0.366 e. The monoisotopic (exact) mass is 504 g/mol. The third-order valence-electron chi connectivity index (χ3n) is 6.23. The van der Waals surface area contributed by atoms with E-state index in [0.29, 0.717) is 17.3 Å². The van der Waals surface area contributed by atoms with Gasteiger partial charge in [-0.3, -0.25) is 4.79 Å². The van der Waals surface area contributed by atoms with E-state index in [4.69, 9.17) is 16.6 Å². The predicted octanol–water partition coefficient (Wildman–Crippen LogP) is 4.65. The van der Waals surface area contributed by atoms with Crippen LogP contribution in [0.25, 0.3) is 27.8 Å². The first-order chi connectivity index (χ1) is 18.0. The maximum Gasteiger partial charge on any atom is 0.272 e. The number of anilines is 2. The Labute approximate surface area is 218 Å². The van der Waals surface area contributed by atoms with Crippen molar-refractivity contribution in [1.82, 2.24) is 19.6 Å². The Morgan fingerprint density at radius 3 is 2.70 bits per heavy atom. The fourth-order valence-corrected chi connectivity index (χ4v) is 4.58. The van der Waals surface area contributed by atoms with E-state index in [2.05, 4.69) is 20.7 Å². The molecule has 0 aliphatic carbocycles. The predicted molar refractivity (Wildman–Crippen MR) is 152 cm³/mol. The summed E-state index contributed by atoms with van der Waals surface area (Å²) >= 11 is 6.46. The number of nitrogens with one attached hydrogen (secondary N) is 3. The minimum atomic E-state index is -0.187. The molecule has 3 aromatic heterocycles. The quantitative estimate of drug-likeness (QED) is 0.288. The number of halogens is 1. The number of nitrogens with zero attached hydrogens (tertiary/aromatic N) is 3. The van der Waals surface area contributed by atoms with Gasteiger partial charge in [-0.1, -0.05) is 60.1 Å². The van der Waals surface area contributed by atoms with Crippen LogP contribution in [0.4, 0.5) is 11.5 Å². The van der Waals surface area contributed by atoms with Crippen LogP contribution in [0.3, 0.4) is 0 Å². The third-order valence-corrected chi connectivity index (χ3v) is 6.56. The first kappa shape index (κ1) is 22.9. The van der Waals surface area contributed by atoms with Crippen molar-refractivity contribution < 1.29 is 4.79 Å². The highest BCUT2D eigenvalue weighted by Gasteiger charge is 2.13. The molecule has 0 saturated carbocycles. The molecule has 7 nitrogen and oxygen atoms in total. The third kappa shape index (κ3) is 4.55. The molecule has 0 aliphatic rings. The van der Waals surface area contributed by atoms with E-state index in [0.717, 1.165) is 50.3 Å². The Morgan fingerprint density at radius 2 is 1.84 bits per heavy atom. The molecule has 0 radical (unpaired) electrons. The van der Waals surface area contributed by atoms with Crippen LogP contribution in [0.15, 0.2) is 91.1 Å². The van der Waals surface area contributed by atoms with Gasteiger partial charge in [-0.15, -0.1) is 0 Å². The highest BCUT2D eigenvalue weighted by atomic mass is 35.5. The van der Waals surface area contributed by atoms with Crippen LogP contribution >= 0.6 is 11.6 Å². The first-order valence-corrected chi connectivity index (χ1v) is 12.3. The lowest BCUT2D eigenvalue weighted by atomic mass is 10.0. The molecule has 9 heteroatoms. The summed E-state index contributed by atoms with van der Waals surface area (Å²) in [6.45, 7) is 0.524. The Bertz CT molecular complexity index is 1740. The van der Waals surface area contributed by atoms with Crippen molar-refractivity contribution in [3.8, 4) is 11.3 Å². The van der Waals surface area contributed by atoms with Gasteiger partial charge in [-0.05, 0) is 41.4 Å². The number of hydrogen-bond acceptors (Lipinski definition) is 4. The van der Waals surface area contributed by atoms with Gasteiger partial charge in [0, 0.05) is 46.0 Å². The lowest BCUT2D eigenvalue weighted by Crippen LogP contribution is -2.13. The molecule has 6 rings (SSSR count). The molecular formula is C28H22BClN6O. The minimum absolute atomic E-state index is 0.187. The van der Waals surface area contributed by atoms with Crippen LogP contribution in [-0.4, -0.2) is 33.3 Å². The summed E-state index contributed by atoms with van der Waals surface area (Å²) in [7, 11) is 1.98. The number of H-pyrrole nitrogens is 1. The second-order valence-corrected chi connectivity index (χ2v) is 9.25. The second kappa shape index (κ2) is 9.48. The Balaban J connectivity index is 1.24. The van der Waals surface area contributed by atoms with Crippen molar-refractivity contribution in [3.05, 3.63) is 107 Å². The maximum absolute atomic E-state index is 12.8. The van der Waals surface area contributed by atoms with Crippen LogP contribution in [0, 0.1) is 0 Å². The molecule has 0 aliphatic heterocycles. The first-order valence-electron chi connectivity index (χ1n) is 11.9. The zero-order valence-corrected chi connectivity index (χ0v) is 20.8. The van der Waals surface area contributed by atoms with Gasteiger partial charge in [0.05, 0.1) is 5.69 Å². The van der Waals surface area contributed by atoms with E-state index < -0.39 is 0 Å². The van der Waals surface area contributed by atoms with Crippen molar-refractivity contribution in [2.24, 2.45) is 0 Å². The van der Waals surface area contributed by atoms with Crippen LogP contribution in [0.5, 0.6) is 0 Å². The van der Waals surface area contributed by atoms with Gasteiger partial charge in [-0.2, -0.15) is 9.61 Å². The zero-order chi connectivity index (χ0) is 25.4. The number of fused-ring (bicyclic) bond motifs is 2. The molecule has 0 fully saturated rings. The van der Waals surface area contributed by atoms with Crippen LogP contribution in [0.2, 0.25) is 5.02 Å². The fraction of sp³-hybridized carbons (Fsp3) is 0.0357. The molecule has 3 heterocycles. The summed E-state index contributed by atoms with van der Waals surface area (Å²) in [5, 5.41) is 12.6. The summed E-state index contributed by atoms with van der Waals surface area (Å²) in [6.07, 6.45) is 1.80. The average molecular weight is 505 g/mol. The van der Waals surface area contributed by atoms with Crippen LogP contribution in [-0.2, 0) is 6.54 Å². The average Bonchev–Trinajstić information content (AvgIpc) is 3.52. The van der Waals surface area contributed by atoms with Gasteiger partial charge in [0.25, 0.3) is 5.91 Å². The van der Waals surface area contributed by atoms with Crippen LogP contribution in [0.1, 0.15) is 16.1 Å². The lowest BCUT2D eigenvalue weighted by molar-refractivity contribution is 0.102. The summed E-state index contributed by atoms with van der Waals surface area (Å²) < 4.78 is 1.79. The van der Waals surface area contributed by atoms with Crippen molar-refractivity contribution in [2.45, 2.75) is 6.54 Å². The van der Waals surface area contributed by atoms with Crippen molar-refractivity contribution >= 4 is 58.9 Å². The van der Waals surface area contributed by atoms with Gasteiger partial charge >= 0.3 is 0 Å². The SMILES string of the molecule is Bc1cnn2c(NCc3cccc(NC(=O)c4cc5ccccc5[nH]4)c3)cc(-c3ccccc3Cl)nc12. The van der Waals surface area contributed by atoms with Gasteiger partial charge < -0.3 is 15.6 Å². The Morgan fingerprint density at radius 1 is 1.00 bits per heavy atom. The number of aromatic nitrogens is 4. The Kier molecular flexibility index (Phi) is 5.86. The van der Waals surface area contributed by atoms with E-state index in [1.165, 1.54) is 0 Å². The molecule has 6 aromatic rings. The lowest BCUT2D eigenvalue weighted by Gasteiger charge is -2.13. The van der Waals surface area contributed by atoms with Crippen molar-refractivity contribution in [1.29, 1.82) is 0 Å². The normalized spacial score (nSPS) is 11.2. The molecule has 0 atom stereocenters. The van der Waals surface area contributed by atoms with Gasteiger partial charge in [-0.25, -0.2) is 4.98 Å². The number of amides is 1. The molecule has 3 N–H and O–H groups in total. The van der Waals surface area contributed by atoms with Crippen molar-refractivity contribution in [2.75, 3.05) is 10.6 Å². The molecule has 37 heavy (non-hydrogen) atoms. The van der Waals surface area contributed by atoms with E-state index >= 15 is 0 Å². The summed E-state index contributed by atoms with van der Waals surface area (Å²) in [5.74, 6) is 0.606. The van der Waals surface area contributed by atoms with Gasteiger partial charge in [0.2, 0.25) is 0 Å². The molecule has 1 amide bonds. The van der Waals surface area contributed by atoms with E-state index in [1.807, 2.05) is 92.8 Å². The molecule has 0 saturated heterocycles. The number of carbonyl (C=O) groups is 1. The minimum Gasteiger partial charge on any atom is -0.366 e. The van der Waals surface area contributed by atoms with E-state index in [1.54, 1.807) is 10.7 Å². The molecule has 3 aromatic carbocycles. The number of rotatable bonds is 6. The van der Waals surface area contributed by atoms with E-state index in [-0.39, 0.29) is 5.91 Å². The number of benzene rings is 3. The topological polar surface area (TPSA) is 87.1 Å². The molecule has 0 spiro atoms. The maximum atomic E-state index is 12.8. The Hall–Kier alpha value is -4.56. The number of carbonyl (C=O) groups excluding carboxylic acids is 1. The van der Waals surface area contributed by atoms with Gasteiger partial charge in [0.1, 0.15) is 19.4 Å². The zero-order valence-electron chi connectivity index (χ0n) is 20.0. The molecule has 180 valence electrons. The number of aromatic amines is 1. The summed E-state index contributed by atoms with van der Waals surface area (Å²) in [4.78, 5) is 20.8. The van der Waals surface area contributed by atoms with Gasteiger partial charge in [0.15, 0.2) is 5.65 Å². The molecule has 0 bridgehead atoms. The highest BCUT2D eigenvalue weighted by Crippen LogP contribution is 2.28. The van der Waals surface area contributed by atoms with Crippen molar-refractivity contribution in [3.63, 3.8) is 0 Å². The van der Waals surface area contributed by atoms with E-state index in [9.17, 15) is 4.79 Å². The smallest absolute Gasteiger partial charge is 0.272 e. The molecular weight excluding hydrogens is 483 g/mol. The number of para-hydroxylation sites is 1. The number of hydrogen-bond donors (Lipinski definition) is 3.